The molecule has 2 rings (SSSR count). The number of carbonyl (C=O) groups is 1. The smallest absolute Gasteiger partial charge is 0.204 e. The first-order valence-electron chi connectivity index (χ1n) is 4.74. The van der Waals surface area contributed by atoms with Gasteiger partial charge in [-0.3, -0.25) is 4.79 Å². The zero-order valence-electron chi connectivity index (χ0n) is 8.76. The van der Waals surface area contributed by atoms with Gasteiger partial charge in [-0.25, -0.2) is 0 Å². The largest absolute Gasteiger partial charge is 0.288 e. The Labute approximate surface area is 130 Å². The summed E-state index contributed by atoms with van der Waals surface area (Å²) in [5, 5.41) is 0. The van der Waals surface area contributed by atoms with Crippen molar-refractivity contribution in [3.05, 3.63) is 52.6 Å². The van der Waals surface area contributed by atoms with E-state index in [1.54, 1.807) is 0 Å². The number of hydrogen-bond acceptors (Lipinski definition) is 2. The van der Waals surface area contributed by atoms with Crippen LogP contribution in [0.2, 0.25) is 4.34 Å². The molecule has 0 atom stereocenters. The van der Waals surface area contributed by atoms with E-state index in [1.807, 2.05) is 31.2 Å². The first kappa shape index (κ1) is 13.5. The maximum absolute atomic E-state index is 12.3. The van der Waals surface area contributed by atoms with Crippen molar-refractivity contribution in [2.24, 2.45) is 0 Å². The summed E-state index contributed by atoms with van der Waals surface area (Å²) in [7, 11) is 0. The Morgan fingerprint density at radius 2 is 2.12 bits per heavy atom. The van der Waals surface area contributed by atoms with Crippen LogP contribution in [0.1, 0.15) is 20.8 Å². The van der Waals surface area contributed by atoms with Crippen LogP contribution in [0.3, 0.4) is 0 Å². The minimum absolute atomic E-state index is 0.00962. The van der Waals surface area contributed by atoms with E-state index in [9.17, 15) is 4.79 Å². The van der Waals surface area contributed by atoms with Gasteiger partial charge in [-0.1, -0.05) is 27.5 Å². The van der Waals surface area contributed by atoms with Crippen molar-refractivity contribution in [3.8, 4) is 0 Å². The highest BCUT2D eigenvalue weighted by Gasteiger charge is 2.16. The van der Waals surface area contributed by atoms with Gasteiger partial charge >= 0.3 is 0 Å². The van der Waals surface area contributed by atoms with Crippen molar-refractivity contribution in [3.63, 3.8) is 0 Å². The van der Waals surface area contributed by atoms with Crippen LogP contribution in [0, 0.1) is 10.5 Å². The molecule has 0 saturated carbocycles. The lowest BCUT2D eigenvalue weighted by atomic mass is 10.1. The van der Waals surface area contributed by atoms with E-state index in [0.29, 0.717) is 14.8 Å². The monoisotopic (exact) mass is 440 g/mol. The third-order valence-electron chi connectivity index (χ3n) is 2.25. The van der Waals surface area contributed by atoms with E-state index in [0.717, 1.165) is 13.6 Å². The van der Waals surface area contributed by atoms with Crippen LogP contribution >= 0.6 is 61.5 Å². The molecule has 0 saturated heterocycles. The van der Waals surface area contributed by atoms with E-state index in [-0.39, 0.29) is 5.78 Å². The van der Waals surface area contributed by atoms with Crippen molar-refractivity contribution in [2.45, 2.75) is 6.92 Å². The van der Waals surface area contributed by atoms with Crippen molar-refractivity contribution < 1.29 is 4.79 Å². The summed E-state index contributed by atoms with van der Waals surface area (Å²) in [5.41, 5.74) is 1.62. The van der Waals surface area contributed by atoms with Crippen molar-refractivity contribution in [1.29, 1.82) is 0 Å². The second-order valence-electron chi connectivity index (χ2n) is 3.52. The fourth-order valence-electron chi connectivity index (χ4n) is 1.38. The zero-order valence-corrected chi connectivity index (χ0v) is 14.1. The van der Waals surface area contributed by atoms with Crippen LogP contribution in [0.25, 0.3) is 0 Å². The maximum Gasteiger partial charge on any atom is 0.204 e. The normalized spacial score (nSPS) is 10.6. The van der Waals surface area contributed by atoms with E-state index >= 15 is 0 Å². The summed E-state index contributed by atoms with van der Waals surface area (Å²) in [6.45, 7) is 1.90. The predicted molar refractivity (Wildman–Crippen MR) is 84.4 cm³/mol. The molecule has 1 nitrogen and oxygen atoms in total. The summed E-state index contributed by atoms with van der Waals surface area (Å²) in [6, 6.07) is 7.54. The molecule has 0 amide bonds. The van der Waals surface area contributed by atoms with Gasteiger partial charge in [-0.15, -0.1) is 11.3 Å². The summed E-state index contributed by atoms with van der Waals surface area (Å²) in [4.78, 5) is 13.0. The van der Waals surface area contributed by atoms with Crippen molar-refractivity contribution >= 4 is 67.2 Å². The van der Waals surface area contributed by atoms with Gasteiger partial charge in [-0.2, -0.15) is 0 Å². The third-order valence-corrected chi connectivity index (χ3v) is 5.17. The molecular formula is C12H7BrClIOS. The number of aryl methyl sites for hydroxylation is 1. The summed E-state index contributed by atoms with van der Waals surface area (Å²) in [5.74, 6) is 0.00962. The van der Waals surface area contributed by atoms with E-state index in [4.69, 9.17) is 11.6 Å². The molecule has 0 radical (unpaired) electrons. The van der Waals surface area contributed by atoms with Crippen molar-refractivity contribution in [2.75, 3.05) is 0 Å². The number of hydrogen-bond donors (Lipinski definition) is 0. The minimum Gasteiger partial charge on any atom is -0.288 e. The number of halogens is 3. The molecule has 1 aromatic heterocycles. The Balaban J connectivity index is 2.47. The molecule has 0 unspecified atom stereocenters. The number of ketones is 1. The van der Waals surface area contributed by atoms with Gasteiger partial charge in [0, 0.05) is 13.6 Å². The van der Waals surface area contributed by atoms with Crippen LogP contribution in [-0.4, -0.2) is 5.78 Å². The first-order chi connectivity index (χ1) is 7.99. The standard InChI is InChI=1S/C12H7BrClIOS/c1-6-4-10(17-12(6)14)11(16)8-5-7(15)2-3-9(8)13/h2-5H,1H3. The third kappa shape index (κ3) is 2.92. The zero-order chi connectivity index (χ0) is 12.6. The lowest BCUT2D eigenvalue weighted by Gasteiger charge is -2.02. The first-order valence-corrected chi connectivity index (χ1v) is 7.81. The topological polar surface area (TPSA) is 17.1 Å². The summed E-state index contributed by atoms with van der Waals surface area (Å²) in [6.07, 6.45) is 0. The molecule has 88 valence electrons. The molecular weight excluding hydrogens is 434 g/mol. The molecule has 17 heavy (non-hydrogen) atoms. The van der Waals surface area contributed by atoms with E-state index in [2.05, 4.69) is 38.5 Å². The molecule has 1 heterocycles. The van der Waals surface area contributed by atoms with Crippen LogP contribution in [-0.2, 0) is 0 Å². The van der Waals surface area contributed by atoms with Crippen LogP contribution in [0.15, 0.2) is 28.7 Å². The Morgan fingerprint density at radius 1 is 1.41 bits per heavy atom. The van der Waals surface area contributed by atoms with Gasteiger partial charge in [0.1, 0.15) is 0 Å². The number of carbonyl (C=O) groups excluding carboxylic acids is 1. The van der Waals surface area contributed by atoms with Crippen molar-refractivity contribution in [1.82, 2.24) is 0 Å². The number of thiophene rings is 1. The Bertz CT molecular complexity index is 575. The Kier molecular flexibility index (Phi) is 4.28. The lowest BCUT2D eigenvalue weighted by molar-refractivity contribution is 0.104. The van der Waals surface area contributed by atoms with E-state index in [1.165, 1.54) is 11.3 Å². The fraction of sp³-hybridized carbons (Fsp3) is 0.0833. The Morgan fingerprint density at radius 3 is 2.71 bits per heavy atom. The summed E-state index contributed by atoms with van der Waals surface area (Å²) >= 11 is 12.9. The predicted octanol–water partition coefficient (Wildman–Crippen LogP) is 5.31. The van der Waals surface area contributed by atoms with Gasteiger partial charge in [0.25, 0.3) is 0 Å². The molecule has 0 aliphatic rings. The van der Waals surface area contributed by atoms with Crippen LogP contribution in [0.4, 0.5) is 0 Å². The van der Waals surface area contributed by atoms with Gasteiger partial charge in [0.2, 0.25) is 5.78 Å². The van der Waals surface area contributed by atoms with Gasteiger partial charge in [0.05, 0.1) is 9.21 Å². The molecule has 0 N–H and O–H groups in total. The fourth-order valence-corrected chi connectivity index (χ4v) is 3.45. The SMILES string of the molecule is Cc1cc(C(=O)c2cc(I)ccc2Br)sc1Cl. The highest BCUT2D eigenvalue weighted by atomic mass is 127. The number of benzene rings is 1. The molecule has 0 aliphatic heterocycles. The second-order valence-corrected chi connectivity index (χ2v) is 7.27. The summed E-state index contributed by atoms with van der Waals surface area (Å²) < 4.78 is 2.52. The minimum atomic E-state index is 0.00962. The van der Waals surface area contributed by atoms with Crippen LogP contribution in [0.5, 0.6) is 0 Å². The molecule has 5 heteroatoms. The average molecular weight is 442 g/mol. The Hall–Kier alpha value is 0.0900. The molecule has 0 bridgehead atoms. The van der Waals surface area contributed by atoms with Gasteiger partial charge in [-0.05, 0) is 59.3 Å². The van der Waals surface area contributed by atoms with Gasteiger partial charge < -0.3 is 0 Å². The second kappa shape index (κ2) is 5.38. The molecule has 0 spiro atoms. The average Bonchev–Trinajstić information content (AvgIpc) is 2.62. The van der Waals surface area contributed by atoms with Crippen LogP contribution < -0.4 is 0 Å². The van der Waals surface area contributed by atoms with Gasteiger partial charge in [0.15, 0.2) is 0 Å². The van der Waals surface area contributed by atoms with E-state index < -0.39 is 0 Å². The molecule has 0 fully saturated rings. The highest BCUT2D eigenvalue weighted by molar-refractivity contribution is 14.1. The highest BCUT2D eigenvalue weighted by Crippen LogP contribution is 2.30. The molecule has 0 aliphatic carbocycles. The lowest BCUT2D eigenvalue weighted by Crippen LogP contribution is -2.00. The molecule has 2 aromatic rings. The number of rotatable bonds is 2. The maximum atomic E-state index is 12.3. The quantitative estimate of drug-likeness (QED) is 0.456. The molecule has 1 aromatic carbocycles.